The number of nitrogens with zero attached hydrogens (tertiary/aromatic N) is 1. The van der Waals surface area contributed by atoms with Crippen LogP contribution in [0.3, 0.4) is 0 Å². The van der Waals surface area contributed by atoms with Gasteiger partial charge in [-0.15, -0.1) is 4.73 Å². The third kappa shape index (κ3) is 1.30. The summed E-state index contributed by atoms with van der Waals surface area (Å²) in [6, 6.07) is 0. The molecule has 0 saturated heterocycles. The molecule has 0 saturated carbocycles. The average Bonchev–Trinajstić information content (AvgIpc) is 2.36. The number of H-pyrrole nitrogens is 1. The minimum Gasteiger partial charge on any atom is -0.447 e. The number of aromatic amines is 1. The van der Waals surface area contributed by atoms with E-state index in [-0.39, 0.29) is 5.69 Å². The number of ether oxygens (including phenoxy) is 1. The Morgan fingerprint density at radius 2 is 2.36 bits per heavy atom. The molecule has 0 radical (unpaired) electrons. The molecule has 0 amide bonds. The number of nitrogens with one attached hydrogen (secondary N) is 1. The third-order valence-electron chi connectivity index (χ3n) is 2.23. The maximum absolute atomic E-state index is 11.3. The lowest BCUT2D eigenvalue weighted by molar-refractivity contribution is 0.149. The van der Waals surface area contributed by atoms with Gasteiger partial charge in [-0.05, 0) is 18.9 Å². The van der Waals surface area contributed by atoms with Gasteiger partial charge in [-0.3, -0.25) is 4.98 Å². The van der Waals surface area contributed by atoms with Gasteiger partial charge < -0.3 is 9.57 Å². The van der Waals surface area contributed by atoms with Crippen LogP contribution in [0.4, 0.5) is 0 Å². The van der Waals surface area contributed by atoms with Crippen LogP contribution in [0.1, 0.15) is 19.0 Å². The predicted molar refractivity (Wildman–Crippen MR) is 50.3 cm³/mol. The molecule has 0 aliphatic carbocycles. The summed E-state index contributed by atoms with van der Waals surface area (Å²) in [5.41, 5.74) is 1.60. The van der Waals surface area contributed by atoms with Crippen molar-refractivity contribution in [3.8, 4) is 5.88 Å². The highest BCUT2D eigenvalue weighted by atomic mass is 16.7. The van der Waals surface area contributed by atoms with Crippen LogP contribution in [0.5, 0.6) is 5.88 Å². The van der Waals surface area contributed by atoms with Gasteiger partial charge >= 0.3 is 5.69 Å². The zero-order valence-electron chi connectivity index (χ0n) is 8.16. The van der Waals surface area contributed by atoms with Crippen LogP contribution in [-0.4, -0.2) is 16.8 Å². The first-order chi connectivity index (χ1) is 6.72. The summed E-state index contributed by atoms with van der Waals surface area (Å²) in [6.45, 7) is 1.99. The fourth-order valence-electron chi connectivity index (χ4n) is 1.47. The Hall–Kier alpha value is -1.65. The van der Waals surface area contributed by atoms with Crippen molar-refractivity contribution >= 4 is 0 Å². The number of hydrogen-bond donors (Lipinski definition) is 1. The van der Waals surface area contributed by atoms with Crippen LogP contribution in [0.15, 0.2) is 16.6 Å². The summed E-state index contributed by atoms with van der Waals surface area (Å²) in [4.78, 5) is 18.8. The summed E-state index contributed by atoms with van der Waals surface area (Å²) in [5, 5.41) is 0. The standard InChI is InChI=1S/C9H12N2O3/c1-6-3-4-7-8(14-5-6)10-9(12)11(7)13-2/h5H,3-4H2,1-2H3,(H,10,12). The Labute approximate surface area is 80.9 Å². The van der Waals surface area contributed by atoms with Gasteiger partial charge in [0.05, 0.1) is 6.26 Å². The van der Waals surface area contributed by atoms with E-state index in [1.54, 1.807) is 6.26 Å². The smallest absolute Gasteiger partial charge is 0.361 e. The molecule has 2 heterocycles. The predicted octanol–water partition coefficient (Wildman–Crippen LogP) is 0.464. The Morgan fingerprint density at radius 3 is 3.07 bits per heavy atom. The molecule has 1 aliphatic rings. The molecule has 1 aromatic heterocycles. The van der Waals surface area contributed by atoms with E-state index in [1.807, 2.05) is 6.92 Å². The highest BCUT2D eigenvalue weighted by molar-refractivity contribution is 5.23. The van der Waals surface area contributed by atoms with Crippen molar-refractivity contribution in [3.63, 3.8) is 0 Å². The summed E-state index contributed by atoms with van der Waals surface area (Å²) < 4.78 is 6.53. The second-order valence-corrected chi connectivity index (χ2v) is 3.26. The van der Waals surface area contributed by atoms with E-state index in [1.165, 1.54) is 11.8 Å². The largest absolute Gasteiger partial charge is 0.447 e. The maximum Gasteiger partial charge on any atom is 0.361 e. The molecule has 1 aromatic rings. The van der Waals surface area contributed by atoms with Crippen molar-refractivity contribution in [1.82, 2.24) is 9.71 Å². The van der Waals surface area contributed by atoms with E-state index in [2.05, 4.69) is 4.98 Å². The highest BCUT2D eigenvalue weighted by Crippen LogP contribution is 2.21. The minimum absolute atomic E-state index is 0.301. The molecule has 5 nitrogen and oxygen atoms in total. The molecule has 0 spiro atoms. The van der Waals surface area contributed by atoms with Gasteiger partial charge in [-0.2, -0.15) is 0 Å². The first kappa shape index (κ1) is 8.93. The normalized spacial score (nSPS) is 15.1. The van der Waals surface area contributed by atoms with E-state index in [4.69, 9.17) is 9.57 Å². The zero-order valence-corrected chi connectivity index (χ0v) is 8.16. The second kappa shape index (κ2) is 3.25. The Morgan fingerprint density at radius 1 is 1.57 bits per heavy atom. The van der Waals surface area contributed by atoms with E-state index < -0.39 is 0 Å². The molecule has 14 heavy (non-hydrogen) atoms. The van der Waals surface area contributed by atoms with Crippen LogP contribution in [0.2, 0.25) is 0 Å². The molecule has 1 aliphatic heterocycles. The van der Waals surface area contributed by atoms with Crippen molar-refractivity contribution in [2.75, 3.05) is 7.11 Å². The maximum atomic E-state index is 11.3. The van der Waals surface area contributed by atoms with E-state index in [0.717, 1.165) is 24.1 Å². The van der Waals surface area contributed by atoms with Crippen molar-refractivity contribution < 1.29 is 9.57 Å². The number of hydrogen-bond acceptors (Lipinski definition) is 3. The monoisotopic (exact) mass is 196 g/mol. The second-order valence-electron chi connectivity index (χ2n) is 3.26. The number of imidazole rings is 1. The van der Waals surface area contributed by atoms with Gasteiger partial charge in [0.15, 0.2) is 0 Å². The quantitative estimate of drug-likeness (QED) is 0.710. The van der Waals surface area contributed by atoms with Crippen LogP contribution < -0.4 is 15.3 Å². The van der Waals surface area contributed by atoms with E-state index in [0.29, 0.717) is 5.88 Å². The molecule has 0 atom stereocenters. The van der Waals surface area contributed by atoms with Crippen LogP contribution in [-0.2, 0) is 6.42 Å². The Kier molecular flexibility index (Phi) is 2.07. The van der Waals surface area contributed by atoms with Gasteiger partial charge in [0.1, 0.15) is 12.8 Å². The SMILES string of the molecule is COn1c2c([nH]c1=O)OC=C(C)CC2. The van der Waals surface area contributed by atoms with Crippen LogP contribution in [0.25, 0.3) is 0 Å². The molecular weight excluding hydrogens is 184 g/mol. The van der Waals surface area contributed by atoms with Gasteiger partial charge in [-0.1, -0.05) is 0 Å². The molecule has 0 bridgehead atoms. The lowest BCUT2D eigenvalue weighted by Crippen LogP contribution is -2.23. The number of fused-ring (bicyclic) bond motifs is 1. The van der Waals surface area contributed by atoms with Gasteiger partial charge in [0, 0.05) is 6.42 Å². The molecule has 0 fully saturated rings. The summed E-state index contributed by atoms with van der Waals surface area (Å²) in [6.07, 6.45) is 3.26. The van der Waals surface area contributed by atoms with Gasteiger partial charge in [-0.25, -0.2) is 4.79 Å². The van der Waals surface area contributed by atoms with Crippen LogP contribution in [0, 0.1) is 0 Å². The lowest BCUT2D eigenvalue weighted by atomic mass is 10.1. The lowest BCUT2D eigenvalue weighted by Gasteiger charge is -2.02. The van der Waals surface area contributed by atoms with E-state index in [9.17, 15) is 4.79 Å². The molecule has 0 aromatic carbocycles. The van der Waals surface area contributed by atoms with Crippen molar-refractivity contribution in [2.24, 2.45) is 0 Å². The van der Waals surface area contributed by atoms with Crippen molar-refractivity contribution in [1.29, 1.82) is 0 Å². The Bertz CT molecular complexity index is 428. The average molecular weight is 196 g/mol. The summed E-state index contributed by atoms with van der Waals surface area (Å²) in [7, 11) is 1.46. The first-order valence-corrected chi connectivity index (χ1v) is 4.43. The topological polar surface area (TPSA) is 56.2 Å². The number of allylic oxidation sites excluding steroid dienone is 1. The molecule has 76 valence electrons. The van der Waals surface area contributed by atoms with Crippen molar-refractivity contribution in [3.05, 3.63) is 28.0 Å². The summed E-state index contributed by atoms with van der Waals surface area (Å²) in [5.74, 6) is 0.480. The fourth-order valence-corrected chi connectivity index (χ4v) is 1.47. The fraction of sp³-hybridized carbons (Fsp3) is 0.444. The molecule has 0 unspecified atom stereocenters. The number of rotatable bonds is 1. The number of aromatic nitrogens is 2. The molecule has 2 rings (SSSR count). The summed E-state index contributed by atoms with van der Waals surface area (Å²) >= 11 is 0. The minimum atomic E-state index is -0.301. The van der Waals surface area contributed by atoms with Crippen LogP contribution >= 0.6 is 0 Å². The van der Waals surface area contributed by atoms with Gasteiger partial charge in [0.2, 0.25) is 5.88 Å². The molecular formula is C9H12N2O3. The Balaban J connectivity index is 2.47. The highest BCUT2D eigenvalue weighted by Gasteiger charge is 2.17. The van der Waals surface area contributed by atoms with Gasteiger partial charge in [0.25, 0.3) is 0 Å². The zero-order chi connectivity index (χ0) is 10.1. The van der Waals surface area contributed by atoms with Crippen molar-refractivity contribution in [2.45, 2.75) is 19.8 Å². The molecule has 1 N–H and O–H groups in total. The molecule has 5 heteroatoms. The first-order valence-electron chi connectivity index (χ1n) is 4.43. The third-order valence-corrected chi connectivity index (χ3v) is 2.23. The van der Waals surface area contributed by atoms with E-state index >= 15 is 0 Å².